The average Bonchev–Trinajstić information content (AvgIpc) is 1.75. The number of nitrogens with one attached hydrogen (secondary N) is 1. The fourth-order valence-corrected chi connectivity index (χ4v) is 9.18. The number of ether oxygens (including phenoxy) is 10. The standard InChI is InChI=1S/C19H19NO5.C19H17NO5.C12H12N2O3.C10H9NO3.C8H11N.C4H9NO3.C4H8O.C2H7NO.CBrCl3.CH2Cl2/c2*1-22-15-9-13(10-16(23-2)18(15)24-3)17(21)14-11-25-19(20-14)12-7-5-4-6-8-12;1-14(16-2)12(15)10-8-17-11(13-10)9-6-4-3-5-7-9;12-10(13)8-6-14-9(11-8)7-4-2-1-3-5-7;1-7(9)8-5-3-2-4-6-8;1-8-4(7)3(5)2-6;1-2-4-5-3-1;1-3-4-2;2-1(3,4)5;2-1-3/h4-10,14H,11H2,1-3H3;4-11H,1-3H3;3-8H,1-2H3;1-5,8H,6H2,(H,12,13);2-7H,9H2,1H3;3,6H,2,5H2,1H3;1-4H2;3H,1-2H3;;1H2. The van der Waals surface area contributed by atoms with E-state index in [4.69, 9.17) is 136 Å². The molecule has 0 aliphatic carbocycles. The third-order valence-electron chi connectivity index (χ3n) is 14.9. The van der Waals surface area contributed by atoms with Crippen molar-refractivity contribution < 1.29 is 100 Å². The number of carbonyl (C=O) groups is 5. The smallest absolute Gasteiger partial charge is 0.332 e. The van der Waals surface area contributed by atoms with Gasteiger partial charge in [0.05, 0.1) is 75.9 Å². The summed E-state index contributed by atoms with van der Waals surface area (Å²) in [7, 11) is 16.5. The van der Waals surface area contributed by atoms with Gasteiger partial charge in [0, 0.05) is 66.7 Å². The van der Waals surface area contributed by atoms with Crippen LogP contribution >= 0.6 is 73.9 Å². The summed E-state index contributed by atoms with van der Waals surface area (Å²) in [5, 5.41) is 18.2. The topological polar surface area (TPSA) is 381 Å². The van der Waals surface area contributed by atoms with Crippen LogP contribution in [0, 0.1) is 0 Å². The van der Waals surface area contributed by atoms with Gasteiger partial charge >= 0.3 is 11.9 Å². The van der Waals surface area contributed by atoms with Crippen LogP contribution in [-0.2, 0) is 38.2 Å². The van der Waals surface area contributed by atoms with Gasteiger partial charge in [-0.3, -0.25) is 24.0 Å². The number of hydroxylamine groups is 3. The lowest BCUT2D eigenvalue weighted by Gasteiger charge is -2.14. The second kappa shape index (κ2) is 55.6. The number of alkyl halides is 6. The first-order chi connectivity index (χ1) is 55.2. The maximum Gasteiger partial charge on any atom is 0.332 e. The number of halogens is 6. The van der Waals surface area contributed by atoms with Crippen LogP contribution in [0.2, 0.25) is 0 Å². The summed E-state index contributed by atoms with van der Waals surface area (Å²) in [6.45, 7) is 3.95. The van der Waals surface area contributed by atoms with Crippen LogP contribution in [0.4, 0.5) is 0 Å². The second-order valence-electron chi connectivity index (χ2n) is 22.7. The highest BCUT2D eigenvalue weighted by atomic mass is 79.9. The number of oxazole rings is 2. The molecule has 0 bridgehead atoms. The molecule has 12 rings (SSSR count). The Labute approximate surface area is 700 Å². The minimum atomic E-state index is -1.27. The number of benzene rings is 7. The molecule has 0 saturated carbocycles. The molecule has 3 aliphatic rings. The number of aliphatic carboxylic acids is 1. The lowest BCUT2D eigenvalue weighted by atomic mass is 10.0. The number of amides is 1. The SMILES string of the molecule is C1CCOC1.CC(N)c1ccccc1.CNOC.COC(=O)C(N)CO.CON(C)C(=O)c1coc(-c2ccccc2)n1.COc1cc(C(=O)C2COC(c3ccccc3)=N2)cc(OC)c1OC.COc1cc(C(=O)c2coc(-c3ccccc3)n2)cc(OC)c1OC.ClC(Cl)(Cl)Br.ClCCl.O=C(O)C1COC(c2ccccc2)=N1. The highest BCUT2D eigenvalue weighted by molar-refractivity contribution is 9.11. The minimum Gasteiger partial charge on any atom is -0.493 e. The average molecular weight is 1760 g/mol. The second-order valence-corrected chi connectivity index (χ2v) is 28.3. The van der Waals surface area contributed by atoms with Crippen molar-refractivity contribution in [3.05, 3.63) is 228 Å². The van der Waals surface area contributed by atoms with Crippen LogP contribution in [0.1, 0.15) is 79.4 Å². The molecule has 0 spiro atoms. The molecule has 29 nitrogen and oxygen atoms in total. The van der Waals surface area contributed by atoms with Crippen LogP contribution in [0.5, 0.6) is 34.5 Å². The molecule has 3 aliphatic heterocycles. The number of ketones is 2. The van der Waals surface area contributed by atoms with Crippen molar-refractivity contribution in [2.24, 2.45) is 21.5 Å². The van der Waals surface area contributed by atoms with Gasteiger partial charge in [-0.2, -0.15) is 0 Å². The van der Waals surface area contributed by atoms with Crippen molar-refractivity contribution in [3.8, 4) is 57.4 Å². The van der Waals surface area contributed by atoms with E-state index < -0.39 is 32.8 Å². The summed E-state index contributed by atoms with van der Waals surface area (Å²) in [5.41, 5.74) is 18.7. The van der Waals surface area contributed by atoms with Gasteiger partial charge < -0.3 is 82.7 Å². The van der Waals surface area contributed by atoms with E-state index in [1.807, 2.05) is 159 Å². The maximum absolute atomic E-state index is 12.8. The summed E-state index contributed by atoms with van der Waals surface area (Å²) < 4.78 is 61.0. The van der Waals surface area contributed by atoms with Gasteiger partial charge in [0.2, 0.25) is 43.6 Å². The Hall–Kier alpha value is -9.90. The molecule has 4 atom stereocenters. The van der Waals surface area contributed by atoms with Crippen molar-refractivity contribution in [1.29, 1.82) is 0 Å². The van der Waals surface area contributed by atoms with Crippen LogP contribution in [-0.4, -0.2) is 204 Å². The fourth-order valence-electron chi connectivity index (χ4n) is 9.18. The Balaban J connectivity index is 0.000000354. The number of aliphatic imine (C=N–C) groups is 2. The van der Waals surface area contributed by atoms with Gasteiger partial charge in [-0.15, -0.1) is 23.2 Å². The molecule has 1 saturated heterocycles. The Morgan fingerprint density at radius 2 is 0.939 bits per heavy atom. The third kappa shape index (κ3) is 35.8. The van der Waals surface area contributed by atoms with Gasteiger partial charge in [0.1, 0.15) is 31.8 Å². The van der Waals surface area contributed by atoms with E-state index in [0.29, 0.717) is 69.2 Å². The van der Waals surface area contributed by atoms with Crippen LogP contribution < -0.4 is 45.4 Å². The zero-order valence-electron chi connectivity index (χ0n) is 65.2. The number of aliphatic hydroxyl groups is 1. The van der Waals surface area contributed by atoms with Crippen molar-refractivity contribution in [2.75, 3.05) is 116 Å². The number of methoxy groups -OCH3 is 7. The summed E-state index contributed by atoms with van der Waals surface area (Å²) in [5.74, 6) is 1.86. The Kier molecular flexibility index (Phi) is 48.0. The number of esters is 1. The zero-order valence-corrected chi connectivity index (χ0v) is 70.5. The number of carboxylic acid groups (broad SMARTS) is 1. The molecule has 9 aromatic rings. The number of hydrogen-bond acceptors (Lipinski definition) is 27. The van der Waals surface area contributed by atoms with Crippen LogP contribution in [0.15, 0.2) is 207 Å². The first-order valence-electron chi connectivity index (χ1n) is 34.4. The van der Waals surface area contributed by atoms with E-state index in [9.17, 15) is 24.0 Å². The molecule has 7 aromatic carbocycles. The molecule has 4 unspecified atom stereocenters. The van der Waals surface area contributed by atoms with E-state index in [0.717, 1.165) is 40.5 Å². The molecule has 0 radical (unpaired) electrons. The lowest BCUT2D eigenvalue weighted by Crippen LogP contribution is -2.34. The van der Waals surface area contributed by atoms with Crippen molar-refractivity contribution in [1.82, 2.24) is 20.5 Å². The number of nitrogens with two attached hydrogens (primary N) is 2. The Bertz CT molecular complexity index is 4300. The maximum atomic E-state index is 12.8. The van der Waals surface area contributed by atoms with Gasteiger partial charge in [0.25, 0.3) is 5.91 Å². The van der Waals surface area contributed by atoms with Gasteiger partial charge in [-0.1, -0.05) is 138 Å². The third-order valence-corrected chi connectivity index (χ3v) is 14.9. The number of Topliss-reactive ketones (excluding diaryl/α,β-unsaturated/α-hetero) is 1. The molecular formula is C80H94BrCl5N8O21. The first kappa shape index (κ1) is 99.3. The van der Waals surface area contributed by atoms with E-state index in [-0.39, 0.29) is 60.1 Å². The molecule has 2 aromatic heterocycles. The van der Waals surface area contributed by atoms with Crippen molar-refractivity contribution in [3.63, 3.8) is 0 Å². The van der Waals surface area contributed by atoms with E-state index in [1.165, 1.54) is 94.9 Å². The molecule has 1 amide bonds. The van der Waals surface area contributed by atoms with Gasteiger partial charge in [0.15, 0.2) is 52.3 Å². The minimum absolute atomic E-state index is 0.125. The molecule has 1 fully saturated rings. The van der Waals surface area contributed by atoms with Gasteiger partial charge in [-0.05, 0) is 114 Å². The lowest BCUT2D eigenvalue weighted by molar-refractivity contribution is -0.143. The molecule has 622 valence electrons. The van der Waals surface area contributed by atoms with Crippen LogP contribution in [0.3, 0.4) is 0 Å². The molecule has 7 N–H and O–H groups in total. The number of hydrogen-bond donors (Lipinski definition) is 5. The number of nitrogens with zero attached hydrogens (tertiary/aromatic N) is 5. The van der Waals surface area contributed by atoms with Crippen molar-refractivity contribution >= 4 is 115 Å². The first-order valence-corrected chi connectivity index (χ1v) is 37.4. The van der Waals surface area contributed by atoms with Crippen LogP contribution in [0.25, 0.3) is 22.9 Å². The predicted octanol–water partition coefficient (Wildman–Crippen LogP) is 14.1. The van der Waals surface area contributed by atoms with E-state index in [1.54, 1.807) is 38.4 Å². The number of aliphatic hydroxyl groups excluding tert-OH is 1. The molecule has 5 heterocycles. The van der Waals surface area contributed by atoms with E-state index >= 15 is 0 Å². The summed E-state index contributed by atoms with van der Waals surface area (Å²) >= 11 is 27.1. The normalized spacial score (nSPS) is 13.6. The van der Waals surface area contributed by atoms with E-state index in [2.05, 4.69) is 50.9 Å². The fraction of sp³-hybridized carbons (Fsp3) is 0.312. The predicted molar refractivity (Wildman–Crippen MR) is 444 cm³/mol. The van der Waals surface area contributed by atoms with Gasteiger partial charge in [-0.25, -0.2) is 35.3 Å². The summed E-state index contributed by atoms with van der Waals surface area (Å²) in [6.07, 6.45) is 5.22. The monoisotopic (exact) mass is 1760 g/mol. The highest BCUT2D eigenvalue weighted by Gasteiger charge is 2.30. The summed E-state index contributed by atoms with van der Waals surface area (Å²) in [4.78, 5) is 83.9. The Morgan fingerprint density at radius 3 is 1.24 bits per heavy atom. The number of rotatable bonds is 21. The Morgan fingerprint density at radius 1 is 0.583 bits per heavy atom. The highest BCUT2D eigenvalue weighted by Crippen LogP contribution is 2.40. The largest absolute Gasteiger partial charge is 0.493 e. The number of aromatic nitrogens is 2. The quantitative estimate of drug-likeness (QED) is 0.0193. The van der Waals surface area contributed by atoms with Crippen molar-refractivity contribution in [2.45, 2.75) is 46.6 Å². The molecular weight excluding hydrogens is 1670 g/mol. The summed E-state index contributed by atoms with van der Waals surface area (Å²) in [6, 6.07) is 51.9. The zero-order chi connectivity index (χ0) is 85.3. The molecule has 115 heavy (non-hydrogen) atoms. The number of carboxylic acids is 1. The number of carbonyl (C=O) groups excluding carboxylic acids is 4. The molecule has 35 heteroatoms.